The Morgan fingerprint density at radius 1 is 0.351 bits per heavy atom. The van der Waals surface area contributed by atoms with Gasteiger partial charge in [0.2, 0.25) is 0 Å². The maximum atomic E-state index is 5.17. The third-order valence-corrected chi connectivity index (χ3v) is 13.4. The van der Waals surface area contributed by atoms with Crippen LogP contribution in [0.25, 0.3) is 113 Å². The van der Waals surface area contributed by atoms with E-state index >= 15 is 0 Å². The van der Waals surface area contributed by atoms with Crippen molar-refractivity contribution in [3.05, 3.63) is 182 Å². The molecule has 4 heterocycles. The number of hydrogen-bond acceptors (Lipinski definition) is 5. The Morgan fingerprint density at radius 3 is 1.67 bits per heavy atom. The van der Waals surface area contributed by atoms with Crippen LogP contribution in [0.5, 0.6) is 0 Å². The van der Waals surface area contributed by atoms with Crippen LogP contribution in [-0.2, 0) is 0 Å². The first-order valence-corrected chi connectivity index (χ1v) is 20.7. The Kier molecular flexibility index (Phi) is 7.24. The van der Waals surface area contributed by atoms with Crippen LogP contribution in [0.2, 0.25) is 0 Å². The van der Waals surface area contributed by atoms with Crippen LogP contribution in [0.4, 0.5) is 0 Å². The average Bonchev–Trinajstić information content (AvgIpc) is 3.96. The van der Waals surface area contributed by atoms with E-state index in [2.05, 4.69) is 150 Å². The van der Waals surface area contributed by atoms with Crippen LogP contribution >= 0.6 is 22.7 Å². The Balaban J connectivity index is 1.14. The molecule has 0 saturated carbocycles. The summed E-state index contributed by atoms with van der Waals surface area (Å²) in [6, 6.07) is 64.9. The van der Waals surface area contributed by atoms with Crippen molar-refractivity contribution in [3.63, 3.8) is 0 Å². The number of fused-ring (bicyclic) bond motifs is 9. The van der Waals surface area contributed by atoms with Crippen LogP contribution < -0.4 is 0 Å². The van der Waals surface area contributed by atoms with E-state index in [-0.39, 0.29) is 0 Å². The molecule has 0 saturated heterocycles. The zero-order chi connectivity index (χ0) is 37.5. The molecule has 4 aromatic heterocycles. The molecular weight excluding hydrogens is 733 g/mol. The van der Waals surface area contributed by atoms with Crippen molar-refractivity contribution in [2.75, 3.05) is 0 Å². The Morgan fingerprint density at radius 2 is 0.930 bits per heavy atom. The molecule has 0 amide bonds. The number of rotatable bonds is 5. The molecule has 12 rings (SSSR count). The minimum Gasteiger partial charge on any atom is -0.309 e. The molecule has 266 valence electrons. The van der Waals surface area contributed by atoms with Gasteiger partial charge in [0.1, 0.15) is 0 Å². The van der Waals surface area contributed by atoms with Crippen LogP contribution in [0.3, 0.4) is 0 Å². The monoisotopic (exact) mass is 762 g/mol. The van der Waals surface area contributed by atoms with Gasteiger partial charge in [0.05, 0.1) is 11.0 Å². The predicted molar refractivity (Wildman–Crippen MR) is 242 cm³/mol. The van der Waals surface area contributed by atoms with Crippen LogP contribution in [0, 0.1) is 0 Å². The molecule has 0 unspecified atom stereocenters. The van der Waals surface area contributed by atoms with E-state index in [0.717, 1.165) is 44.2 Å². The van der Waals surface area contributed by atoms with Crippen molar-refractivity contribution in [2.24, 2.45) is 0 Å². The fraction of sp³-hybridized carbons (Fsp3) is 0. The van der Waals surface area contributed by atoms with Crippen molar-refractivity contribution in [2.45, 2.75) is 0 Å². The van der Waals surface area contributed by atoms with E-state index < -0.39 is 0 Å². The summed E-state index contributed by atoms with van der Waals surface area (Å²) < 4.78 is 7.64. The topological polar surface area (TPSA) is 43.6 Å². The summed E-state index contributed by atoms with van der Waals surface area (Å²) in [5, 5.41) is 7.40. The number of thiophene rings is 2. The molecule has 57 heavy (non-hydrogen) atoms. The molecule has 0 radical (unpaired) electrons. The zero-order valence-electron chi connectivity index (χ0n) is 30.4. The summed E-state index contributed by atoms with van der Waals surface area (Å²) in [5.74, 6) is 1.94. The van der Waals surface area contributed by atoms with Gasteiger partial charge in [-0.05, 0) is 54.1 Å². The number of aromatic nitrogens is 4. The van der Waals surface area contributed by atoms with Gasteiger partial charge in [0, 0.05) is 79.1 Å². The first-order chi connectivity index (χ1) is 28.2. The molecule has 6 heteroatoms. The highest BCUT2D eigenvalue weighted by Gasteiger charge is 2.22. The lowest BCUT2D eigenvalue weighted by Gasteiger charge is -2.13. The summed E-state index contributed by atoms with van der Waals surface area (Å²) in [4.78, 5) is 15.3. The standard InChI is InChI=1S/C51H30N4S2/c1-3-14-31(15-4-1)49-52-50(32-16-5-2-6-17-32)54-51(53-49)38-21-13-23-43-47(38)37-20-7-10-22-42(37)55(43)34-29-39(48-41(30-34)36-19-9-12-25-45(36)57-48)33-26-27-46-40(28-33)35-18-8-11-24-44(35)56-46/h1-30H. The molecule has 8 aromatic carbocycles. The van der Waals surface area contributed by atoms with Gasteiger partial charge in [0.15, 0.2) is 17.5 Å². The van der Waals surface area contributed by atoms with Gasteiger partial charge < -0.3 is 4.57 Å². The lowest BCUT2D eigenvalue weighted by atomic mass is 9.99. The maximum absolute atomic E-state index is 5.17. The molecule has 0 N–H and O–H groups in total. The molecule has 0 aliphatic heterocycles. The minimum atomic E-state index is 0.646. The third kappa shape index (κ3) is 5.15. The largest absolute Gasteiger partial charge is 0.309 e. The number of benzene rings is 8. The molecule has 4 nitrogen and oxygen atoms in total. The van der Waals surface area contributed by atoms with Gasteiger partial charge in [0.25, 0.3) is 0 Å². The van der Waals surface area contributed by atoms with Crippen molar-refractivity contribution in [1.82, 2.24) is 19.5 Å². The summed E-state index contributed by atoms with van der Waals surface area (Å²) in [6.07, 6.45) is 0. The second kappa shape index (κ2) is 12.8. The van der Waals surface area contributed by atoms with Gasteiger partial charge >= 0.3 is 0 Å². The average molecular weight is 763 g/mol. The Bertz CT molecular complexity index is 3470. The Hall–Kier alpha value is -6.99. The van der Waals surface area contributed by atoms with Crippen molar-refractivity contribution >= 4 is 84.8 Å². The second-order valence-corrected chi connectivity index (χ2v) is 16.5. The zero-order valence-corrected chi connectivity index (χ0v) is 32.1. The maximum Gasteiger partial charge on any atom is 0.164 e. The molecule has 0 fully saturated rings. The lowest BCUT2D eigenvalue weighted by molar-refractivity contribution is 1.08. The SMILES string of the molecule is c1ccc(-c2nc(-c3ccccc3)nc(-c3cccc4c3c3ccccc3n4-c3cc(-c4ccc5sc6ccccc6c5c4)c4sc5ccccc5c4c3)n2)cc1. The van der Waals surface area contributed by atoms with E-state index in [4.69, 9.17) is 15.0 Å². The van der Waals surface area contributed by atoms with Gasteiger partial charge in [-0.1, -0.05) is 133 Å². The highest BCUT2D eigenvalue weighted by Crippen LogP contribution is 2.45. The molecule has 0 bridgehead atoms. The summed E-state index contributed by atoms with van der Waals surface area (Å²) in [5.41, 5.74) is 8.67. The minimum absolute atomic E-state index is 0.646. The van der Waals surface area contributed by atoms with Crippen LogP contribution in [0.1, 0.15) is 0 Å². The third-order valence-electron chi connectivity index (χ3n) is 11.0. The summed E-state index contributed by atoms with van der Waals surface area (Å²) in [7, 11) is 0. The predicted octanol–water partition coefficient (Wildman–Crippen LogP) is 14.4. The fourth-order valence-electron chi connectivity index (χ4n) is 8.46. The van der Waals surface area contributed by atoms with Gasteiger partial charge in [-0.3, -0.25) is 0 Å². The first kappa shape index (κ1) is 32.3. The number of nitrogens with zero attached hydrogens (tertiary/aromatic N) is 4. The molecule has 0 aliphatic rings. The smallest absolute Gasteiger partial charge is 0.164 e. The molecule has 0 aliphatic carbocycles. The van der Waals surface area contributed by atoms with Crippen molar-refractivity contribution < 1.29 is 0 Å². The van der Waals surface area contributed by atoms with E-state index in [9.17, 15) is 0 Å². The van der Waals surface area contributed by atoms with Gasteiger partial charge in [-0.25, -0.2) is 15.0 Å². The second-order valence-electron chi connectivity index (χ2n) is 14.4. The fourth-order valence-corrected chi connectivity index (χ4v) is 10.8. The lowest BCUT2D eigenvalue weighted by Crippen LogP contribution is -2.00. The quantitative estimate of drug-likeness (QED) is 0.175. The van der Waals surface area contributed by atoms with Gasteiger partial charge in [-0.15, -0.1) is 22.7 Å². The van der Waals surface area contributed by atoms with Crippen LogP contribution in [0.15, 0.2) is 182 Å². The molecule has 0 atom stereocenters. The van der Waals surface area contributed by atoms with E-state index in [1.165, 1.54) is 51.5 Å². The van der Waals surface area contributed by atoms with Gasteiger partial charge in [-0.2, -0.15) is 0 Å². The Labute approximate surface area is 335 Å². The number of hydrogen-bond donors (Lipinski definition) is 0. The highest BCUT2D eigenvalue weighted by molar-refractivity contribution is 7.26. The highest BCUT2D eigenvalue weighted by atomic mass is 32.1. The molecule has 12 aromatic rings. The number of para-hydroxylation sites is 1. The van der Waals surface area contributed by atoms with Crippen molar-refractivity contribution in [1.29, 1.82) is 0 Å². The molecule has 0 spiro atoms. The van der Waals surface area contributed by atoms with E-state index in [0.29, 0.717) is 17.5 Å². The first-order valence-electron chi connectivity index (χ1n) is 19.0. The molecular formula is C51H30N4S2. The van der Waals surface area contributed by atoms with Crippen LogP contribution in [-0.4, -0.2) is 19.5 Å². The summed E-state index contributed by atoms with van der Waals surface area (Å²) >= 11 is 3.74. The normalized spacial score (nSPS) is 11.9. The summed E-state index contributed by atoms with van der Waals surface area (Å²) in [6.45, 7) is 0. The van der Waals surface area contributed by atoms with Crippen molar-refractivity contribution in [3.8, 4) is 51.0 Å². The van der Waals surface area contributed by atoms with E-state index in [1.54, 1.807) is 0 Å². The van der Waals surface area contributed by atoms with E-state index in [1.807, 2.05) is 59.1 Å².